The molecule has 46 heavy (non-hydrogen) atoms. The van der Waals surface area contributed by atoms with E-state index in [4.69, 9.17) is 9.97 Å². The van der Waals surface area contributed by atoms with Crippen LogP contribution in [0.1, 0.15) is 54.1 Å². The van der Waals surface area contributed by atoms with Crippen molar-refractivity contribution in [2.75, 3.05) is 0 Å². The number of hydrogen-bond donors (Lipinski definition) is 1. The molecule has 0 radical (unpaired) electrons. The second-order valence-corrected chi connectivity index (χ2v) is 12.4. The number of fused-ring (bicyclic) bond motifs is 5. The normalized spacial score (nSPS) is 18.2. The summed E-state index contributed by atoms with van der Waals surface area (Å²) < 4.78 is 0. The molecule has 1 atom stereocenters. The summed E-state index contributed by atoms with van der Waals surface area (Å²) in [7, 11) is 0. The topological polar surface area (TPSA) is 37.8 Å². The van der Waals surface area contributed by atoms with Gasteiger partial charge in [0.05, 0.1) is 28.5 Å². The summed E-state index contributed by atoms with van der Waals surface area (Å²) in [4.78, 5) is 10.4. The Morgan fingerprint density at radius 2 is 1.41 bits per heavy atom. The zero-order valence-electron chi connectivity index (χ0n) is 25.6. The third kappa shape index (κ3) is 4.59. The van der Waals surface area contributed by atoms with E-state index in [0.29, 0.717) is 0 Å². The zero-order chi connectivity index (χ0) is 30.5. The van der Waals surface area contributed by atoms with Crippen LogP contribution in [0.4, 0.5) is 0 Å². The van der Waals surface area contributed by atoms with Gasteiger partial charge >= 0.3 is 0 Å². The summed E-state index contributed by atoms with van der Waals surface area (Å²) >= 11 is 0. The maximum Gasteiger partial charge on any atom is 0.0969 e. The molecule has 9 rings (SSSR count). The van der Waals surface area contributed by atoms with Gasteiger partial charge in [0.25, 0.3) is 0 Å². The minimum absolute atomic E-state index is 0.154. The molecule has 0 spiro atoms. The van der Waals surface area contributed by atoms with Crippen molar-refractivity contribution in [3.63, 3.8) is 0 Å². The molecule has 1 unspecified atom stereocenters. The van der Waals surface area contributed by atoms with Crippen LogP contribution < -0.4 is 5.32 Å². The van der Waals surface area contributed by atoms with Crippen molar-refractivity contribution < 1.29 is 0 Å². The number of allylic oxidation sites excluding steroid dienone is 7. The Labute approximate surface area is 269 Å². The van der Waals surface area contributed by atoms with Crippen molar-refractivity contribution in [1.82, 2.24) is 15.3 Å². The summed E-state index contributed by atoms with van der Waals surface area (Å²) in [5.74, 6) is 0. The van der Waals surface area contributed by atoms with Crippen LogP contribution in [0.25, 0.3) is 50.6 Å². The van der Waals surface area contributed by atoms with Gasteiger partial charge in [0, 0.05) is 16.8 Å². The van der Waals surface area contributed by atoms with E-state index in [1.165, 1.54) is 50.2 Å². The second kappa shape index (κ2) is 11.1. The van der Waals surface area contributed by atoms with E-state index in [-0.39, 0.29) is 6.04 Å². The standard InChI is InChI=1S/C43H33N3/c1-3-12-31(13-4-1)41-42(32-14-5-2-6-15-32)46-39-27-33(24-26-38(39)45-41)28-19-21-30(22-20-28)40-35-17-9-10-18-37(35)44-43-34-16-8-7-11-29(34)23-25-36(40)43/h1-5,7-8,11-14,16-27,43-44H,6,9-10,15H2. The molecular weight excluding hydrogens is 558 g/mol. The highest BCUT2D eigenvalue weighted by Gasteiger charge is 2.32. The molecule has 1 aromatic heterocycles. The van der Waals surface area contributed by atoms with E-state index in [2.05, 4.69) is 139 Å². The molecule has 4 aliphatic rings. The summed E-state index contributed by atoms with van der Waals surface area (Å²) in [6.45, 7) is 0. The van der Waals surface area contributed by atoms with Gasteiger partial charge in [-0.1, -0.05) is 127 Å². The molecule has 1 N–H and O–H groups in total. The summed E-state index contributed by atoms with van der Waals surface area (Å²) in [6, 6.07) is 34.9. The molecule has 0 saturated heterocycles. The van der Waals surface area contributed by atoms with Gasteiger partial charge in [-0.3, -0.25) is 0 Å². The zero-order valence-corrected chi connectivity index (χ0v) is 25.6. The van der Waals surface area contributed by atoms with E-state index in [1.54, 1.807) is 0 Å². The van der Waals surface area contributed by atoms with Gasteiger partial charge in [0.15, 0.2) is 0 Å². The minimum Gasteiger partial charge on any atom is -0.374 e. The Hall–Kier alpha value is -5.54. The van der Waals surface area contributed by atoms with E-state index < -0.39 is 0 Å². The molecule has 0 bridgehead atoms. The first kappa shape index (κ1) is 26.8. The lowest BCUT2D eigenvalue weighted by Crippen LogP contribution is -2.31. The van der Waals surface area contributed by atoms with Gasteiger partial charge in [0.2, 0.25) is 0 Å². The third-order valence-corrected chi connectivity index (χ3v) is 9.61. The predicted molar refractivity (Wildman–Crippen MR) is 190 cm³/mol. The van der Waals surface area contributed by atoms with Crippen LogP contribution in [0.3, 0.4) is 0 Å². The first-order chi connectivity index (χ1) is 22.8. The van der Waals surface area contributed by atoms with Crippen molar-refractivity contribution in [2.45, 2.75) is 31.7 Å². The molecule has 5 aromatic rings. The Morgan fingerprint density at radius 1 is 0.630 bits per heavy atom. The number of benzene rings is 4. The smallest absolute Gasteiger partial charge is 0.0969 e. The lowest BCUT2D eigenvalue weighted by atomic mass is 9.77. The number of nitrogens with zero attached hydrogens (tertiary/aromatic N) is 2. The maximum absolute atomic E-state index is 5.26. The highest BCUT2D eigenvalue weighted by molar-refractivity contribution is 5.93. The van der Waals surface area contributed by atoms with Crippen LogP contribution in [0.15, 0.2) is 150 Å². The lowest BCUT2D eigenvalue weighted by molar-refractivity contribution is 0.673. The molecule has 2 heterocycles. The van der Waals surface area contributed by atoms with E-state index >= 15 is 0 Å². The average Bonchev–Trinajstić information content (AvgIpc) is 3.14. The maximum atomic E-state index is 5.26. The lowest BCUT2D eigenvalue weighted by Gasteiger charge is -2.37. The fourth-order valence-corrected chi connectivity index (χ4v) is 7.32. The van der Waals surface area contributed by atoms with Crippen LogP contribution in [-0.2, 0) is 0 Å². The van der Waals surface area contributed by atoms with Gasteiger partial charge in [0.1, 0.15) is 0 Å². The first-order valence-electron chi connectivity index (χ1n) is 16.3. The first-order valence-corrected chi connectivity index (χ1v) is 16.3. The molecule has 3 heteroatoms. The van der Waals surface area contributed by atoms with Crippen molar-refractivity contribution in [3.8, 4) is 22.4 Å². The molecule has 1 aliphatic heterocycles. The molecule has 0 fully saturated rings. The van der Waals surface area contributed by atoms with Gasteiger partial charge in [-0.2, -0.15) is 0 Å². The number of hydrogen-bond acceptors (Lipinski definition) is 3. The van der Waals surface area contributed by atoms with Crippen molar-refractivity contribution in [3.05, 3.63) is 173 Å². The Kier molecular flexibility index (Phi) is 6.48. The Balaban J connectivity index is 1.12. The fraction of sp³-hybridized carbons (Fsp3) is 0.116. The van der Waals surface area contributed by atoms with Crippen molar-refractivity contribution in [2.24, 2.45) is 0 Å². The van der Waals surface area contributed by atoms with Crippen LogP contribution in [0.5, 0.6) is 0 Å². The van der Waals surface area contributed by atoms with Crippen LogP contribution >= 0.6 is 0 Å². The number of rotatable bonds is 4. The average molecular weight is 592 g/mol. The largest absolute Gasteiger partial charge is 0.374 e. The summed E-state index contributed by atoms with van der Waals surface area (Å²) in [6.07, 6.45) is 20.0. The van der Waals surface area contributed by atoms with Gasteiger partial charge in [-0.25, -0.2) is 9.97 Å². The number of aromatic nitrogens is 2. The van der Waals surface area contributed by atoms with Gasteiger partial charge < -0.3 is 5.32 Å². The highest BCUT2D eigenvalue weighted by atomic mass is 15.0. The molecule has 3 aliphatic carbocycles. The molecule has 0 amide bonds. The third-order valence-electron chi connectivity index (χ3n) is 9.61. The fourth-order valence-electron chi connectivity index (χ4n) is 7.32. The minimum atomic E-state index is 0.154. The molecule has 4 aromatic carbocycles. The molecule has 3 nitrogen and oxygen atoms in total. The quantitative estimate of drug-likeness (QED) is 0.226. The van der Waals surface area contributed by atoms with Crippen LogP contribution in [0, 0.1) is 0 Å². The highest BCUT2D eigenvalue weighted by Crippen LogP contribution is 2.46. The monoisotopic (exact) mass is 591 g/mol. The second-order valence-electron chi connectivity index (χ2n) is 12.4. The Morgan fingerprint density at radius 3 is 2.28 bits per heavy atom. The van der Waals surface area contributed by atoms with E-state index in [9.17, 15) is 0 Å². The van der Waals surface area contributed by atoms with Crippen molar-refractivity contribution >= 4 is 28.3 Å². The van der Waals surface area contributed by atoms with Crippen LogP contribution in [-0.4, -0.2) is 9.97 Å². The van der Waals surface area contributed by atoms with Gasteiger partial charge in [-0.05, 0) is 82.4 Å². The Bertz CT molecular complexity index is 2210. The number of nitrogens with one attached hydrogen (secondary N) is 1. The van der Waals surface area contributed by atoms with E-state index in [0.717, 1.165) is 59.2 Å². The predicted octanol–water partition coefficient (Wildman–Crippen LogP) is 10.4. The molecule has 220 valence electrons. The SMILES string of the molecule is C1=CCCC(c2nc3cc(-c4ccc(C5=C6C=Cc7ccccc7C6NC6=CCCC=C65)cc4)ccc3nc2-c2ccccc2)=C1. The summed E-state index contributed by atoms with van der Waals surface area (Å²) in [5, 5.41) is 3.87. The van der Waals surface area contributed by atoms with E-state index in [1.807, 2.05) is 6.07 Å². The molecular formula is C43H33N3. The van der Waals surface area contributed by atoms with Crippen molar-refractivity contribution in [1.29, 1.82) is 0 Å². The molecule has 0 saturated carbocycles. The summed E-state index contributed by atoms with van der Waals surface area (Å²) in [5.41, 5.74) is 17.6. The van der Waals surface area contributed by atoms with Crippen LogP contribution in [0.2, 0.25) is 0 Å². The van der Waals surface area contributed by atoms with Gasteiger partial charge in [-0.15, -0.1) is 0 Å².